The van der Waals surface area contributed by atoms with E-state index in [1.807, 2.05) is 26.0 Å². The Morgan fingerprint density at radius 2 is 1.81 bits per heavy atom. The minimum absolute atomic E-state index is 0.0897. The van der Waals surface area contributed by atoms with E-state index in [9.17, 15) is 13.5 Å². The maximum atomic E-state index is 12.9. The van der Waals surface area contributed by atoms with Gasteiger partial charge in [-0.05, 0) is 67.3 Å². The van der Waals surface area contributed by atoms with Crippen molar-refractivity contribution in [1.82, 2.24) is 4.98 Å². The highest BCUT2D eigenvalue weighted by Gasteiger charge is 2.16. The summed E-state index contributed by atoms with van der Waals surface area (Å²) in [7, 11) is -3.87. The van der Waals surface area contributed by atoms with Gasteiger partial charge in [0, 0.05) is 10.0 Å². The summed E-state index contributed by atoms with van der Waals surface area (Å²) >= 11 is 4.61. The number of nitrogens with zero attached hydrogens (tertiary/aromatic N) is 2. The molecule has 0 radical (unpaired) electrons. The highest BCUT2D eigenvalue weighted by molar-refractivity contribution is 9.10. The van der Waals surface area contributed by atoms with Crippen LogP contribution >= 0.6 is 27.3 Å². The molecule has 0 saturated carbocycles. The van der Waals surface area contributed by atoms with Crippen LogP contribution in [0.4, 0.5) is 10.8 Å². The Morgan fingerprint density at radius 1 is 1.10 bits per heavy atom. The quantitative estimate of drug-likeness (QED) is 0.302. The molecule has 158 valence electrons. The van der Waals surface area contributed by atoms with Gasteiger partial charge in [-0.15, -0.1) is 0 Å². The summed E-state index contributed by atoms with van der Waals surface area (Å²) in [6, 6.07) is 16.6. The largest absolute Gasteiger partial charge is 0.858 e. The van der Waals surface area contributed by atoms with Crippen molar-refractivity contribution in [3.8, 4) is 0 Å². The number of aliphatic imine (C=N–C) groups is 1. The van der Waals surface area contributed by atoms with Crippen LogP contribution < -0.4 is 9.83 Å². The van der Waals surface area contributed by atoms with Crippen LogP contribution in [0.3, 0.4) is 0 Å². The SMILES string of the molecule is Cc1cc(C)c2nc(N=C([O-])c3ccccc3NS(=O)(=O)c3ccc(Br)cc3)sc2c1. The monoisotopic (exact) mass is 514 g/mol. The van der Waals surface area contributed by atoms with Crippen molar-refractivity contribution >= 4 is 64.2 Å². The molecule has 0 saturated heterocycles. The van der Waals surface area contributed by atoms with Crippen LogP contribution in [0.15, 0.2) is 75.0 Å². The van der Waals surface area contributed by atoms with Gasteiger partial charge in [0.1, 0.15) is 0 Å². The minimum Gasteiger partial charge on any atom is -0.858 e. The van der Waals surface area contributed by atoms with Crippen LogP contribution in [0.5, 0.6) is 0 Å². The van der Waals surface area contributed by atoms with E-state index in [0.717, 1.165) is 25.8 Å². The molecule has 6 nitrogen and oxygen atoms in total. The van der Waals surface area contributed by atoms with Crippen molar-refractivity contribution in [2.75, 3.05) is 4.72 Å². The molecule has 0 amide bonds. The summed E-state index contributed by atoms with van der Waals surface area (Å²) in [5.41, 5.74) is 3.25. The standard InChI is InChI=1S/C22H18BrN3O3S2/c1-13-11-14(2)20-19(12-13)30-22(24-20)25-21(27)17-5-3-4-6-18(17)26-31(28,29)16-9-7-15(23)8-10-16/h3-12,26H,1-2H3,(H,24,25,27)/p-1. The predicted octanol–water partition coefficient (Wildman–Crippen LogP) is 4.92. The molecule has 0 bridgehead atoms. The molecule has 9 heteroatoms. The highest BCUT2D eigenvalue weighted by Crippen LogP contribution is 2.31. The number of nitrogens with one attached hydrogen (secondary N) is 1. The van der Waals surface area contributed by atoms with Gasteiger partial charge in [0.05, 0.1) is 20.8 Å². The first kappa shape index (κ1) is 21.5. The average Bonchev–Trinajstić information content (AvgIpc) is 3.11. The Kier molecular flexibility index (Phi) is 5.83. The number of anilines is 1. The Labute approximate surface area is 192 Å². The molecule has 1 aromatic heterocycles. The average molecular weight is 515 g/mol. The number of halogens is 1. The molecule has 4 aromatic rings. The lowest BCUT2D eigenvalue weighted by Gasteiger charge is -2.16. The molecular weight excluding hydrogens is 498 g/mol. The van der Waals surface area contributed by atoms with Gasteiger partial charge < -0.3 is 5.11 Å². The summed E-state index contributed by atoms with van der Waals surface area (Å²) < 4.78 is 29.7. The summed E-state index contributed by atoms with van der Waals surface area (Å²) in [6.07, 6.45) is 0. The number of thiazole rings is 1. The highest BCUT2D eigenvalue weighted by atomic mass is 79.9. The molecule has 1 heterocycles. The molecule has 4 rings (SSSR count). The zero-order chi connectivity index (χ0) is 22.2. The molecule has 0 aliphatic rings. The van der Waals surface area contributed by atoms with E-state index in [2.05, 4.69) is 30.6 Å². The molecular formula is C22H17BrN3O3S2-. The number of aromatic nitrogens is 1. The molecule has 0 spiro atoms. The second-order valence-electron chi connectivity index (χ2n) is 6.95. The fraction of sp³-hybridized carbons (Fsp3) is 0.0909. The van der Waals surface area contributed by atoms with Crippen molar-refractivity contribution in [3.05, 3.63) is 81.8 Å². The van der Waals surface area contributed by atoms with Gasteiger partial charge in [0.25, 0.3) is 10.0 Å². The number of benzene rings is 3. The fourth-order valence-electron chi connectivity index (χ4n) is 3.13. The van der Waals surface area contributed by atoms with Gasteiger partial charge in [-0.25, -0.2) is 18.4 Å². The van der Waals surface area contributed by atoms with E-state index in [-0.39, 0.29) is 16.1 Å². The molecule has 0 atom stereocenters. The lowest BCUT2D eigenvalue weighted by Crippen LogP contribution is -2.22. The smallest absolute Gasteiger partial charge is 0.261 e. The summed E-state index contributed by atoms with van der Waals surface area (Å²) in [5, 5.41) is 13.2. The van der Waals surface area contributed by atoms with Crippen molar-refractivity contribution < 1.29 is 13.5 Å². The van der Waals surface area contributed by atoms with Crippen LogP contribution in [0.25, 0.3) is 10.2 Å². The van der Waals surface area contributed by atoms with Crippen LogP contribution in [0, 0.1) is 13.8 Å². The molecule has 0 fully saturated rings. The van der Waals surface area contributed by atoms with Crippen LogP contribution in [-0.2, 0) is 10.0 Å². The first-order valence-electron chi connectivity index (χ1n) is 9.24. The van der Waals surface area contributed by atoms with Gasteiger partial charge in [0.2, 0.25) is 5.13 Å². The molecule has 0 aliphatic heterocycles. The minimum atomic E-state index is -3.87. The molecule has 0 unspecified atom stereocenters. The number of para-hydroxylation sites is 1. The Balaban J connectivity index is 1.69. The number of hydrogen-bond donors (Lipinski definition) is 1. The fourth-order valence-corrected chi connectivity index (χ4v) is 5.48. The van der Waals surface area contributed by atoms with Crippen molar-refractivity contribution in [1.29, 1.82) is 0 Å². The zero-order valence-corrected chi connectivity index (χ0v) is 19.8. The third kappa shape index (κ3) is 4.63. The Bertz CT molecular complexity index is 1410. The number of aryl methyl sites for hydroxylation is 2. The lowest BCUT2D eigenvalue weighted by molar-refractivity contribution is -0.212. The van der Waals surface area contributed by atoms with Crippen molar-refractivity contribution in [2.45, 2.75) is 18.7 Å². The topological polar surface area (TPSA) is 94.5 Å². The lowest BCUT2D eigenvalue weighted by atomic mass is 10.1. The number of fused-ring (bicyclic) bond motifs is 1. The second-order valence-corrected chi connectivity index (χ2v) is 10.6. The van der Waals surface area contributed by atoms with Gasteiger partial charge in [0.15, 0.2) is 0 Å². The Hall–Kier alpha value is -2.75. The number of hydrogen-bond acceptors (Lipinski definition) is 6. The maximum absolute atomic E-state index is 12.9. The zero-order valence-electron chi connectivity index (χ0n) is 16.6. The van der Waals surface area contributed by atoms with Gasteiger partial charge in [-0.3, -0.25) is 4.72 Å². The van der Waals surface area contributed by atoms with Gasteiger partial charge in [-0.1, -0.05) is 51.5 Å². The third-order valence-corrected chi connectivity index (χ3v) is 7.35. The summed E-state index contributed by atoms with van der Waals surface area (Å²) in [4.78, 5) is 8.70. The third-order valence-electron chi connectivity index (χ3n) is 4.54. The Morgan fingerprint density at radius 3 is 2.55 bits per heavy atom. The number of sulfonamides is 1. The molecule has 0 aliphatic carbocycles. The molecule has 1 N–H and O–H groups in total. The maximum Gasteiger partial charge on any atom is 0.261 e. The normalized spacial score (nSPS) is 12.3. The van der Waals surface area contributed by atoms with E-state index in [4.69, 9.17) is 0 Å². The number of rotatable bonds is 5. The van der Waals surface area contributed by atoms with Crippen LogP contribution in [-0.4, -0.2) is 19.3 Å². The van der Waals surface area contributed by atoms with E-state index >= 15 is 0 Å². The summed E-state index contributed by atoms with van der Waals surface area (Å²) in [6.45, 7) is 3.97. The van der Waals surface area contributed by atoms with Crippen molar-refractivity contribution in [2.24, 2.45) is 4.99 Å². The van der Waals surface area contributed by atoms with E-state index in [0.29, 0.717) is 5.13 Å². The first-order chi connectivity index (χ1) is 14.7. The van der Waals surface area contributed by atoms with E-state index < -0.39 is 15.9 Å². The van der Waals surface area contributed by atoms with Crippen molar-refractivity contribution in [3.63, 3.8) is 0 Å². The van der Waals surface area contributed by atoms with Gasteiger partial charge in [-0.2, -0.15) is 0 Å². The molecule has 31 heavy (non-hydrogen) atoms. The van der Waals surface area contributed by atoms with E-state index in [1.165, 1.54) is 35.6 Å². The van der Waals surface area contributed by atoms with Crippen LogP contribution in [0.1, 0.15) is 16.7 Å². The predicted molar refractivity (Wildman–Crippen MR) is 127 cm³/mol. The van der Waals surface area contributed by atoms with E-state index in [1.54, 1.807) is 24.3 Å². The van der Waals surface area contributed by atoms with Crippen LogP contribution in [0.2, 0.25) is 0 Å². The molecule has 3 aromatic carbocycles. The first-order valence-corrected chi connectivity index (χ1v) is 12.3. The summed E-state index contributed by atoms with van der Waals surface area (Å²) in [5.74, 6) is -0.567. The second kappa shape index (κ2) is 8.41. The van der Waals surface area contributed by atoms with Gasteiger partial charge >= 0.3 is 0 Å².